The Kier molecular flexibility index (Phi) is 23.7. The highest BCUT2D eigenvalue weighted by Crippen LogP contribution is 2.34. The molecule has 281 valence electrons. The molecule has 7 nitrogen and oxygen atoms in total. The minimum Gasteiger partial charge on any atom is -0.535 e. The van der Waals surface area contributed by atoms with Crippen LogP contribution in [0.2, 0.25) is 25.7 Å². The van der Waals surface area contributed by atoms with Crippen LogP contribution in [0.3, 0.4) is 0 Å². The molecule has 0 saturated heterocycles. The molecular weight excluding hydrogens is 643 g/mol. The maximum atomic E-state index is 10.7. The van der Waals surface area contributed by atoms with Crippen molar-refractivity contribution < 1.29 is 33.7 Å². The van der Waals surface area contributed by atoms with Crippen molar-refractivity contribution in [2.75, 3.05) is 27.3 Å². The van der Waals surface area contributed by atoms with Gasteiger partial charge >= 0.3 is 7.69 Å². The number of benzene rings is 2. The van der Waals surface area contributed by atoms with Gasteiger partial charge < -0.3 is 33.7 Å². The first-order chi connectivity index (χ1) is 23.8. The van der Waals surface area contributed by atoms with Gasteiger partial charge in [-0.25, -0.2) is 0 Å². The average molecular weight is 712 g/mol. The second-order valence-electron chi connectivity index (χ2n) is 14.6. The highest BCUT2D eigenvalue weighted by atomic mass is 28.3. The molecule has 0 fully saturated rings. The van der Waals surface area contributed by atoms with Crippen molar-refractivity contribution in [1.29, 1.82) is 0 Å². The summed E-state index contributed by atoms with van der Waals surface area (Å²) < 4.78 is 27.3. The quantitative estimate of drug-likeness (QED) is 0.0485. The lowest BCUT2D eigenvalue weighted by molar-refractivity contribution is 0.0214. The molecule has 1 radical (unpaired) electrons. The summed E-state index contributed by atoms with van der Waals surface area (Å²) in [4.78, 5) is 0. The van der Waals surface area contributed by atoms with Gasteiger partial charge in [-0.2, -0.15) is 0 Å². The number of unbranched alkanes of at least 4 members (excludes halogenated alkanes) is 4. The van der Waals surface area contributed by atoms with Gasteiger partial charge in [-0.3, -0.25) is 0 Å². The van der Waals surface area contributed by atoms with E-state index in [1.165, 1.54) is 42.4 Å². The first kappa shape index (κ1) is 45.3. The van der Waals surface area contributed by atoms with Crippen LogP contribution < -0.4 is 14.1 Å². The van der Waals surface area contributed by atoms with E-state index in [0.29, 0.717) is 31.4 Å². The number of aryl methyl sites for hydroxylation is 3. The van der Waals surface area contributed by atoms with E-state index in [-0.39, 0.29) is 13.6 Å². The van der Waals surface area contributed by atoms with Crippen molar-refractivity contribution in [3.63, 3.8) is 0 Å². The van der Waals surface area contributed by atoms with E-state index in [4.69, 9.17) is 28.6 Å². The molecule has 0 heterocycles. The van der Waals surface area contributed by atoms with Crippen molar-refractivity contribution in [3.8, 4) is 23.0 Å². The van der Waals surface area contributed by atoms with Crippen molar-refractivity contribution in [3.05, 3.63) is 69.8 Å². The molecule has 2 N–H and O–H groups in total. The summed E-state index contributed by atoms with van der Waals surface area (Å²) in [5.74, 6) is 2.21. The third-order valence-corrected chi connectivity index (χ3v) is 9.93. The minimum absolute atomic E-state index is 0.152. The van der Waals surface area contributed by atoms with E-state index < -0.39 is 8.07 Å². The lowest BCUT2D eigenvalue weighted by Crippen LogP contribution is -2.22. The fraction of sp³-hybridized carbons (Fsp3) is 0.610. The van der Waals surface area contributed by atoms with E-state index in [9.17, 15) is 5.11 Å². The molecule has 0 unspecified atom stereocenters. The lowest BCUT2D eigenvalue weighted by Gasteiger charge is -2.17. The van der Waals surface area contributed by atoms with E-state index in [1.54, 1.807) is 7.11 Å². The maximum Gasteiger partial charge on any atom is 0.569 e. The molecule has 0 atom stereocenters. The molecule has 0 bridgehead atoms. The van der Waals surface area contributed by atoms with Crippen LogP contribution in [0.4, 0.5) is 0 Å². The summed E-state index contributed by atoms with van der Waals surface area (Å²) in [7, 11) is 1.12. The average Bonchev–Trinajstić information content (AvgIpc) is 3.04. The lowest BCUT2D eigenvalue weighted by atomic mass is 10.0. The van der Waals surface area contributed by atoms with Gasteiger partial charge in [0.05, 0.1) is 0 Å². The van der Waals surface area contributed by atoms with Crippen LogP contribution in [-0.4, -0.2) is 53.2 Å². The summed E-state index contributed by atoms with van der Waals surface area (Å²) in [5.41, 5.74) is 6.83. The predicted molar refractivity (Wildman–Crippen MR) is 213 cm³/mol. The smallest absolute Gasteiger partial charge is 0.535 e. The normalized spacial score (nSPS) is 11.5. The zero-order valence-corrected chi connectivity index (χ0v) is 34.1. The van der Waals surface area contributed by atoms with E-state index in [1.807, 2.05) is 19.1 Å². The summed E-state index contributed by atoms with van der Waals surface area (Å²) in [6.07, 6.45) is 16.3. The Bertz CT molecular complexity index is 1280. The molecule has 0 aromatic heterocycles. The molecule has 0 spiro atoms. The molecule has 0 amide bonds. The first-order valence-corrected chi connectivity index (χ1v) is 22.3. The maximum absolute atomic E-state index is 10.7. The van der Waals surface area contributed by atoms with Gasteiger partial charge in [-0.05, 0) is 114 Å². The van der Waals surface area contributed by atoms with Gasteiger partial charge in [0, 0.05) is 27.4 Å². The Labute approximate surface area is 306 Å². The summed E-state index contributed by atoms with van der Waals surface area (Å²) in [6.45, 7) is 20.9. The Hall–Kier alpha value is -2.72. The second kappa shape index (κ2) is 26.1. The molecule has 2 aromatic carbocycles. The molecule has 0 aliphatic heterocycles. The SMILES string of the molecule is CCCCCc1cc(C)c(O[B]O)c(OCOC)c1.CCCCCc1cc(O)c(C/C=C(\C)CCC=C(C)C)c(OCOCC[Si](C)(C)C)c1. The molecule has 0 aliphatic rings. The van der Waals surface area contributed by atoms with Crippen LogP contribution in [0, 0.1) is 6.92 Å². The Morgan fingerprint density at radius 1 is 0.840 bits per heavy atom. The fourth-order valence-electron chi connectivity index (χ4n) is 5.22. The predicted octanol–water partition coefficient (Wildman–Crippen LogP) is 10.7. The summed E-state index contributed by atoms with van der Waals surface area (Å²) in [5, 5.41) is 19.5. The van der Waals surface area contributed by atoms with Crippen molar-refractivity contribution >= 4 is 15.8 Å². The monoisotopic (exact) mass is 711 g/mol. The molecule has 2 rings (SSSR count). The van der Waals surface area contributed by atoms with Crippen LogP contribution in [0.15, 0.2) is 47.6 Å². The number of methoxy groups -OCH3 is 1. The minimum atomic E-state index is -1.11. The zero-order chi connectivity index (χ0) is 37.4. The topological polar surface area (TPSA) is 86.6 Å². The largest absolute Gasteiger partial charge is 0.569 e. The fourth-order valence-corrected chi connectivity index (χ4v) is 5.98. The molecule has 0 aliphatic carbocycles. The zero-order valence-electron chi connectivity index (χ0n) is 33.1. The molecule has 0 saturated carbocycles. The van der Waals surface area contributed by atoms with Crippen molar-refractivity contribution in [2.45, 2.75) is 138 Å². The van der Waals surface area contributed by atoms with E-state index in [0.717, 1.165) is 73.6 Å². The third-order valence-electron chi connectivity index (χ3n) is 8.23. The second-order valence-corrected chi connectivity index (χ2v) is 20.2. The highest BCUT2D eigenvalue weighted by Gasteiger charge is 2.15. The Balaban J connectivity index is 0.000000561. The standard InChI is InChI=1S/C27H46O3Si.C14H22BO4/c1-8-9-10-14-24-19-26(28)25(16-15-23(4)13-11-12-22(2)3)27(20-24)30-21-29-17-18-31(5,6)7;1-4-5-6-7-12-8-11(2)14(19-15-16)13(9-12)18-10-17-3/h12,15,19-20,28H,8-11,13-14,16-18,21H2,1-7H3;8-9,16H,4-7,10H2,1-3H3/b23-15+;. The molecule has 2 aromatic rings. The number of hydrogen-bond acceptors (Lipinski definition) is 7. The van der Waals surface area contributed by atoms with E-state index in [2.05, 4.69) is 78.5 Å². The van der Waals surface area contributed by atoms with Crippen LogP contribution in [0.25, 0.3) is 0 Å². The Morgan fingerprint density at radius 2 is 1.46 bits per heavy atom. The van der Waals surface area contributed by atoms with Crippen LogP contribution in [0.5, 0.6) is 23.0 Å². The van der Waals surface area contributed by atoms with Gasteiger partial charge in [0.2, 0.25) is 0 Å². The number of allylic oxidation sites excluding steroid dienone is 4. The molecule has 9 heteroatoms. The van der Waals surface area contributed by atoms with Crippen molar-refractivity contribution in [2.24, 2.45) is 0 Å². The highest BCUT2D eigenvalue weighted by molar-refractivity contribution is 6.76. The number of aromatic hydroxyl groups is 1. The van der Waals surface area contributed by atoms with Gasteiger partial charge in [-0.15, -0.1) is 0 Å². The number of ether oxygens (including phenoxy) is 4. The molecular formula is C41H68BO7Si. The van der Waals surface area contributed by atoms with Crippen LogP contribution in [0.1, 0.15) is 108 Å². The molecule has 50 heavy (non-hydrogen) atoms. The number of rotatable bonds is 24. The third kappa shape index (κ3) is 20.2. The van der Waals surface area contributed by atoms with Crippen LogP contribution in [-0.2, 0) is 28.7 Å². The Morgan fingerprint density at radius 3 is 2.04 bits per heavy atom. The number of phenols is 1. The van der Waals surface area contributed by atoms with Crippen LogP contribution >= 0.6 is 0 Å². The van der Waals surface area contributed by atoms with Gasteiger partial charge in [0.15, 0.2) is 19.3 Å². The van der Waals surface area contributed by atoms with Gasteiger partial charge in [-0.1, -0.05) is 88.5 Å². The summed E-state index contributed by atoms with van der Waals surface area (Å²) >= 11 is 0. The number of hydrogen-bond donors (Lipinski definition) is 2. The van der Waals surface area contributed by atoms with Crippen molar-refractivity contribution in [1.82, 2.24) is 0 Å². The van der Waals surface area contributed by atoms with Gasteiger partial charge in [0.25, 0.3) is 0 Å². The number of phenolic OH excluding ortho intramolecular Hbond substituents is 1. The van der Waals surface area contributed by atoms with E-state index >= 15 is 0 Å². The van der Waals surface area contributed by atoms with Gasteiger partial charge in [0.1, 0.15) is 17.2 Å². The summed E-state index contributed by atoms with van der Waals surface area (Å²) in [6, 6.07) is 9.14. The first-order valence-electron chi connectivity index (χ1n) is 18.6.